The van der Waals surface area contributed by atoms with Gasteiger partial charge in [0.2, 0.25) is 5.91 Å². The van der Waals surface area contributed by atoms with E-state index in [1.54, 1.807) is 25.7 Å². The summed E-state index contributed by atoms with van der Waals surface area (Å²) in [5, 5.41) is 14.1. The molecule has 1 aliphatic rings. The van der Waals surface area contributed by atoms with Gasteiger partial charge in [0.15, 0.2) is 6.10 Å². The first-order valence-electron chi connectivity index (χ1n) is 24.4. The molecule has 2 atom stereocenters. The lowest BCUT2D eigenvalue weighted by Gasteiger charge is -2.43. The molecule has 0 saturated heterocycles. The van der Waals surface area contributed by atoms with E-state index < -0.39 is 44.3 Å². The Hall–Kier alpha value is -6.48. The van der Waals surface area contributed by atoms with Crippen molar-refractivity contribution in [2.75, 3.05) is 25.0 Å². The minimum Gasteiger partial charge on any atom is -0.444 e. The Morgan fingerprint density at radius 2 is 1.33 bits per heavy atom. The fraction of sp³-hybridized carbons (Fsp3) is 0.393. The molecule has 0 bridgehead atoms. The SMILES string of the molecule is CCN(Cc1cc(NC(=O)[C@H](CCCNC(N)=O)NC[C@@H](NC(=O)OC(C)(C)C)C(C)C)ccc1CO[Si](c1ccccc1)(c1ccccc1)C(C)(C)C)C(=O)OC1c2ccccc2-c2ccccc21. The number of rotatable bonds is 20. The van der Waals surface area contributed by atoms with E-state index in [-0.39, 0.29) is 49.1 Å². The highest BCUT2D eigenvalue weighted by molar-refractivity contribution is 6.99. The summed E-state index contributed by atoms with van der Waals surface area (Å²) in [5.74, 6) is -0.306. The smallest absolute Gasteiger partial charge is 0.411 e. The van der Waals surface area contributed by atoms with E-state index in [0.29, 0.717) is 25.1 Å². The molecule has 0 spiro atoms. The van der Waals surface area contributed by atoms with E-state index in [1.165, 1.54) is 0 Å². The molecule has 0 saturated carbocycles. The minimum atomic E-state index is -3.00. The van der Waals surface area contributed by atoms with Crippen LogP contribution in [0.2, 0.25) is 5.04 Å². The molecule has 372 valence electrons. The van der Waals surface area contributed by atoms with Gasteiger partial charge in [0.25, 0.3) is 8.32 Å². The molecule has 0 unspecified atom stereocenters. The topological polar surface area (TPSA) is 173 Å². The van der Waals surface area contributed by atoms with Gasteiger partial charge in [0.05, 0.1) is 12.6 Å². The number of alkyl carbamates (subject to hydrolysis) is 1. The summed E-state index contributed by atoms with van der Waals surface area (Å²) >= 11 is 0. The third-order valence-corrected chi connectivity index (χ3v) is 17.7. The van der Waals surface area contributed by atoms with E-state index in [1.807, 2.05) is 87.5 Å². The third-order valence-electron chi connectivity index (χ3n) is 12.7. The van der Waals surface area contributed by atoms with Gasteiger partial charge in [-0.2, -0.15) is 0 Å². The molecule has 0 aliphatic heterocycles. The van der Waals surface area contributed by atoms with Gasteiger partial charge in [0.1, 0.15) is 5.60 Å². The molecule has 1 aliphatic carbocycles. The molecule has 5 amide bonds. The van der Waals surface area contributed by atoms with Crippen molar-refractivity contribution < 1.29 is 33.1 Å². The van der Waals surface area contributed by atoms with E-state index in [9.17, 15) is 19.2 Å². The van der Waals surface area contributed by atoms with Crippen molar-refractivity contribution in [3.05, 3.63) is 150 Å². The molecule has 13 nitrogen and oxygen atoms in total. The maximum absolute atomic E-state index is 14.4. The third kappa shape index (κ3) is 13.2. The molecule has 6 N–H and O–H groups in total. The standard InChI is InChI=1S/C56H72N6O7Si/c1-10-62(54(66)68-50-46-28-19-17-26-44(46)45-27-18-20-29-47(45)50)36-40-34-41(32-31-39(40)37-67-70(56(7,8)9,42-22-13-11-14-23-42)43-24-15-12-16-25-43)60-51(63)48(30-21-33-58-52(57)64)59-35-49(38(2)3)61-53(65)69-55(4,5)6/h11-20,22-29,31-32,34,38,48-50,59H,10,21,30,33,35-37H2,1-9H3,(H,60,63)(H,61,65)(H3,57,58,64)/t48-,49+/m0/s1. The van der Waals surface area contributed by atoms with Gasteiger partial charge in [0, 0.05) is 49.0 Å². The first-order valence-corrected chi connectivity index (χ1v) is 26.3. The van der Waals surface area contributed by atoms with Crippen LogP contribution in [0.3, 0.4) is 0 Å². The summed E-state index contributed by atoms with van der Waals surface area (Å²) in [6, 6.07) is 40.9. The Morgan fingerprint density at radius 1 is 0.757 bits per heavy atom. The van der Waals surface area contributed by atoms with Gasteiger partial charge in [-0.05, 0) is 96.3 Å². The number of primary amides is 1. The van der Waals surface area contributed by atoms with Gasteiger partial charge in [-0.25, -0.2) is 14.4 Å². The Bertz CT molecular complexity index is 2480. The quantitative estimate of drug-likeness (QED) is 0.0379. The maximum Gasteiger partial charge on any atom is 0.411 e. The van der Waals surface area contributed by atoms with Crippen LogP contribution in [0.5, 0.6) is 0 Å². The number of anilines is 1. The van der Waals surface area contributed by atoms with Crippen molar-refractivity contribution in [2.24, 2.45) is 11.7 Å². The summed E-state index contributed by atoms with van der Waals surface area (Å²) in [5.41, 5.74) is 10.8. The van der Waals surface area contributed by atoms with Gasteiger partial charge >= 0.3 is 18.2 Å². The van der Waals surface area contributed by atoms with Gasteiger partial charge in [-0.1, -0.05) is 150 Å². The second-order valence-corrected chi connectivity index (χ2v) is 24.6. The second-order valence-electron chi connectivity index (χ2n) is 20.3. The number of carbonyl (C=O) groups is 4. The van der Waals surface area contributed by atoms with Crippen molar-refractivity contribution in [3.63, 3.8) is 0 Å². The van der Waals surface area contributed by atoms with E-state index >= 15 is 0 Å². The number of hydrogen-bond acceptors (Lipinski definition) is 8. The number of hydrogen-bond donors (Lipinski definition) is 5. The Labute approximate surface area is 415 Å². The van der Waals surface area contributed by atoms with Crippen LogP contribution >= 0.6 is 0 Å². The van der Waals surface area contributed by atoms with Crippen LogP contribution in [0, 0.1) is 5.92 Å². The van der Waals surface area contributed by atoms with Crippen molar-refractivity contribution >= 4 is 48.5 Å². The largest absolute Gasteiger partial charge is 0.444 e. The Morgan fingerprint density at radius 3 is 1.86 bits per heavy atom. The van der Waals surface area contributed by atoms with Crippen LogP contribution in [0.25, 0.3) is 11.1 Å². The lowest BCUT2D eigenvalue weighted by atomic mass is 10.0. The Kier molecular flexibility index (Phi) is 17.7. The molecule has 5 aromatic carbocycles. The number of ether oxygens (including phenoxy) is 2. The van der Waals surface area contributed by atoms with Crippen LogP contribution < -0.4 is 37.4 Å². The molecule has 70 heavy (non-hydrogen) atoms. The zero-order chi connectivity index (χ0) is 50.6. The average molecular weight is 969 g/mol. The van der Waals surface area contributed by atoms with Crippen LogP contribution in [-0.2, 0) is 31.8 Å². The maximum atomic E-state index is 14.4. The molecule has 14 heteroatoms. The van der Waals surface area contributed by atoms with Gasteiger partial charge in [-0.15, -0.1) is 0 Å². The molecular formula is C56H72N6O7Si. The number of carbonyl (C=O) groups excluding carboxylic acids is 4. The number of urea groups is 1. The monoisotopic (exact) mass is 969 g/mol. The van der Waals surface area contributed by atoms with Crippen molar-refractivity contribution in [1.82, 2.24) is 20.9 Å². The zero-order valence-electron chi connectivity index (χ0n) is 42.3. The summed E-state index contributed by atoms with van der Waals surface area (Å²) in [7, 11) is -3.00. The number of benzene rings is 5. The Balaban J connectivity index is 1.33. The molecule has 0 fully saturated rings. The summed E-state index contributed by atoms with van der Waals surface area (Å²) in [6.07, 6.45) is -0.791. The molecule has 0 heterocycles. The van der Waals surface area contributed by atoms with E-state index in [2.05, 4.69) is 103 Å². The van der Waals surface area contributed by atoms with E-state index in [0.717, 1.165) is 43.8 Å². The highest BCUT2D eigenvalue weighted by Crippen LogP contribution is 2.45. The number of nitrogens with one attached hydrogen (secondary N) is 4. The lowest BCUT2D eigenvalue weighted by Crippen LogP contribution is -2.66. The fourth-order valence-corrected chi connectivity index (χ4v) is 13.6. The molecule has 0 aromatic heterocycles. The highest BCUT2D eigenvalue weighted by atomic mass is 28.4. The molecule has 0 radical (unpaired) electrons. The number of amides is 5. The van der Waals surface area contributed by atoms with Crippen LogP contribution in [0.4, 0.5) is 20.1 Å². The van der Waals surface area contributed by atoms with Crippen molar-refractivity contribution in [2.45, 2.75) is 117 Å². The average Bonchev–Trinajstić information content (AvgIpc) is 3.62. The van der Waals surface area contributed by atoms with Crippen LogP contribution in [0.1, 0.15) is 104 Å². The predicted molar refractivity (Wildman–Crippen MR) is 280 cm³/mol. The second kappa shape index (κ2) is 23.4. The summed E-state index contributed by atoms with van der Waals surface area (Å²) < 4.78 is 19.4. The lowest BCUT2D eigenvalue weighted by molar-refractivity contribution is -0.118. The minimum absolute atomic E-state index is 0.00722. The molecular weight excluding hydrogens is 897 g/mol. The first-order chi connectivity index (χ1) is 33.3. The van der Waals surface area contributed by atoms with E-state index in [4.69, 9.17) is 19.6 Å². The highest BCUT2D eigenvalue weighted by Gasteiger charge is 2.50. The van der Waals surface area contributed by atoms with Gasteiger partial charge < -0.3 is 45.8 Å². The fourth-order valence-electron chi connectivity index (χ4n) is 9.12. The normalized spacial score (nSPS) is 13.4. The number of fused-ring (bicyclic) bond motifs is 3. The van der Waals surface area contributed by atoms with Crippen LogP contribution in [-0.4, -0.2) is 74.7 Å². The summed E-state index contributed by atoms with van der Waals surface area (Å²) in [6.45, 7) is 19.3. The predicted octanol–water partition coefficient (Wildman–Crippen LogP) is 9.39. The number of nitrogens with two attached hydrogens (primary N) is 1. The number of nitrogens with zero attached hydrogens (tertiary/aromatic N) is 1. The van der Waals surface area contributed by atoms with Crippen molar-refractivity contribution in [1.29, 1.82) is 0 Å². The molecule has 6 rings (SSSR count). The summed E-state index contributed by atoms with van der Waals surface area (Å²) in [4.78, 5) is 54.8. The first kappa shape index (κ1) is 52.9. The molecule has 5 aromatic rings. The van der Waals surface area contributed by atoms with Crippen molar-refractivity contribution in [3.8, 4) is 11.1 Å². The van der Waals surface area contributed by atoms with Crippen LogP contribution in [0.15, 0.2) is 127 Å². The van der Waals surface area contributed by atoms with Gasteiger partial charge in [-0.3, -0.25) is 4.79 Å². The zero-order valence-corrected chi connectivity index (χ0v) is 43.3.